The van der Waals surface area contributed by atoms with Gasteiger partial charge in [-0.2, -0.15) is 0 Å². The smallest absolute Gasteiger partial charge is 0.244 e. The number of carbonyl (C=O) groups excluding carboxylic acids is 1. The fraction of sp³-hybridized carbons (Fsp3) is 0.241. The van der Waals surface area contributed by atoms with E-state index in [4.69, 9.17) is 9.72 Å². The number of hydrogen-bond acceptors (Lipinski definition) is 3. The van der Waals surface area contributed by atoms with Gasteiger partial charge in [-0.25, -0.2) is 4.98 Å². The maximum Gasteiger partial charge on any atom is 0.244 e. The van der Waals surface area contributed by atoms with Crippen LogP contribution in [0.25, 0.3) is 17.1 Å². The lowest BCUT2D eigenvalue weighted by Gasteiger charge is -2.13. The van der Waals surface area contributed by atoms with E-state index in [1.165, 1.54) is 11.1 Å². The molecule has 0 bridgehead atoms. The van der Waals surface area contributed by atoms with Gasteiger partial charge in [0.1, 0.15) is 11.6 Å². The Bertz CT molecular complexity index is 1260. The van der Waals surface area contributed by atoms with Crippen molar-refractivity contribution in [2.75, 3.05) is 6.61 Å². The van der Waals surface area contributed by atoms with Gasteiger partial charge in [0.2, 0.25) is 5.91 Å². The van der Waals surface area contributed by atoms with Crippen LogP contribution in [-0.4, -0.2) is 22.1 Å². The molecule has 174 valence electrons. The number of benzene rings is 3. The molecule has 4 aromatic rings. The standard InChI is InChI=1S/C29H31N3O2/c1-22-11-10-12-23(2)29(22)34-20-9-8-19-32-26-16-7-6-15-25(26)31-27(32)21-30-28(33)18-17-24-13-4-3-5-14-24/h3-7,10-18H,8-9,19-21H2,1-2H3,(H,30,33)/b18-17-. The normalized spacial score (nSPS) is 11.2. The van der Waals surface area contributed by atoms with Crippen LogP contribution in [0.5, 0.6) is 5.75 Å². The highest BCUT2D eigenvalue weighted by atomic mass is 16.5. The van der Waals surface area contributed by atoms with Crippen molar-refractivity contribution >= 4 is 23.0 Å². The Balaban J connectivity index is 1.35. The van der Waals surface area contributed by atoms with Crippen molar-refractivity contribution in [3.63, 3.8) is 0 Å². The molecular formula is C29H31N3O2. The summed E-state index contributed by atoms with van der Waals surface area (Å²) < 4.78 is 8.26. The second-order valence-electron chi connectivity index (χ2n) is 8.41. The number of aryl methyl sites for hydroxylation is 3. The van der Waals surface area contributed by atoms with Crippen molar-refractivity contribution < 1.29 is 9.53 Å². The number of hydrogen-bond donors (Lipinski definition) is 1. The summed E-state index contributed by atoms with van der Waals surface area (Å²) in [5, 5.41) is 2.97. The van der Waals surface area contributed by atoms with Crippen LogP contribution < -0.4 is 10.1 Å². The first-order valence-corrected chi connectivity index (χ1v) is 11.8. The van der Waals surface area contributed by atoms with Gasteiger partial charge in [-0.15, -0.1) is 0 Å². The molecule has 5 nitrogen and oxygen atoms in total. The predicted octanol–water partition coefficient (Wildman–Crippen LogP) is 5.84. The van der Waals surface area contributed by atoms with E-state index < -0.39 is 0 Å². The van der Waals surface area contributed by atoms with E-state index in [0.29, 0.717) is 13.2 Å². The number of nitrogens with one attached hydrogen (secondary N) is 1. The molecule has 5 heteroatoms. The number of carbonyl (C=O) groups is 1. The van der Waals surface area contributed by atoms with Gasteiger partial charge in [-0.1, -0.05) is 60.7 Å². The van der Waals surface area contributed by atoms with Gasteiger partial charge in [0, 0.05) is 12.6 Å². The molecule has 0 aliphatic carbocycles. The van der Waals surface area contributed by atoms with E-state index in [1.54, 1.807) is 6.08 Å². The second-order valence-corrected chi connectivity index (χ2v) is 8.41. The molecule has 3 aromatic carbocycles. The molecule has 1 amide bonds. The van der Waals surface area contributed by atoms with Crippen LogP contribution in [0.4, 0.5) is 0 Å². The van der Waals surface area contributed by atoms with Crippen molar-refractivity contribution in [2.45, 2.75) is 39.8 Å². The van der Waals surface area contributed by atoms with E-state index in [2.05, 4.69) is 48.0 Å². The van der Waals surface area contributed by atoms with Crippen LogP contribution in [-0.2, 0) is 17.9 Å². The monoisotopic (exact) mass is 453 g/mol. The van der Waals surface area contributed by atoms with Crippen LogP contribution in [0.15, 0.2) is 78.9 Å². The van der Waals surface area contributed by atoms with Crippen LogP contribution in [0.1, 0.15) is 35.4 Å². The third kappa shape index (κ3) is 5.93. The van der Waals surface area contributed by atoms with E-state index in [9.17, 15) is 4.79 Å². The third-order valence-corrected chi connectivity index (χ3v) is 5.81. The summed E-state index contributed by atoms with van der Waals surface area (Å²) in [4.78, 5) is 17.1. The van der Waals surface area contributed by atoms with Crippen molar-refractivity contribution in [1.82, 2.24) is 14.9 Å². The van der Waals surface area contributed by atoms with E-state index in [1.807, 2.05) is 54.6 Å². The molecule has 0 aliphatic rings. The average Bonchev–Trinajstić information content (AvgIpc) is 3.21. The number of imidazole rings is 1. The van der Waals surface area contributed by atoms with Crippen LogP contribution in [0.3, 0.4) is 0 Å². The zero-order valence-electron chi connectivity index (χ0n) is 19.8. The van der Waals surface area contributed by atoms with Gasteiger partial charge in [0.15, 0.2) is 0 Å². The molecule has 0 aliphatic heterocycles. The van der Waals surface area contributed by atoms with Crippen molar-refractivity contribution in [3.05, 3.63) is 101 Å². The number of fused-ring (bicyclic) bond motifs is 1. The summed E-state index contributed by atoms with van der Waals surface area (Å²) in [6.07, 6.45) is 5.27. The van der Waals surface area contributed by atoms with Crippen LogP contribution in [0, 0.1) is 13.8 Å². The molecule has 0 fully saturated rings. The Morgan fingerprint density at radius 2 is 1.68 bits per heavy atom. The number of rotatable bonds is 10. The Morgan fingerprint density at radius 1 is 0.941 bits per heavy atom. The molecule has 0 unspecified atom stereocenters. The number of amides is 1. The molecule has 0 atom stereocenters. The fourth-order valence-electron chi connectivity index (χ4n) is 4.04. The third-order valence-electron chi connectivity index (χ3n) is 5.81. The SMILES string of the molecule is Cc1cccc(C)c1OCCCCn1c(CNC(=O)/C=C\c2ccccc2)nc2ccccc21. The van der Waals surface area contributed by atoms with Crippen LogP contribution >= 0.6 is 0 Å². The topological polar surface area (TPSA) is 56.1 Å². The van der Waals surface area contributed by atoms with Gasteiger partial charge < -0.3 is 14.6 Å². The zero-order valence-corrected chi connectivity index (χ0v) is 19.8. The number of unbranched alkanes of at least 4 members (excludes halogenated alkanes) is 1. The summed E-state index contributed by atoms with van der Waals surface area (Å²) in [7, 11) is 0. The lowest BCUT2D eigenvalue weighted by molar-refractivity contribution is -0.116. The maximum absolute atomic E-state index is 12.4. The summed E-state index contributed by atoms with van der Waals surface area (Å²) >= 11 is 0. The molecule has 4 rings (SSSR count). The summed E-state index contributed by atoms with van der Waals surface area (Å²) in [6.45, 7) is 6.03. The predicted molar refractivity (Wildman–Crippen MR) is 138 cm³/mol. The second kappa shape index (κ2) is 11.3. The molecule has 0 radical (unpaired) electrons. The largest absolute Gasteiger partial charge is 0.493 e. The molecule has 0 spiro atoms. The first kappa shape index (κ1) is 23.3. The zero-order chi connectivity index (χ0) is 23.8. The van der Waals surface area contributed by atoms with Gasteiger partial charge in [-0.05, 0) is 61.6 Å². The minimum atomic E-state index is -0.135. The van der Waals surface area contributed by atoms with Gasteiger partial charge in [0.25, 0.3) is 0 Å². The van der Waals surface area contributed by atoms with Gasteiger partial charge in [-0.3, -0.25) is 4.79 Å². The molecule has 1 heterocycles. The number of para-hydroxylation sites is 3. The minimum Gasteiger partial charge on any atom is -0.493 e. The lowest BCUT2D eigenvalue weighted by Crippen LogP contribution is -2.22. The Hall–Kier alpha value is -3.86. The van der Waals surface area contributed by atoms with Crippen molar-refractivity contribution in [3.8, 4) is 5.75 Å². The summed E-state index contributed by atoms with van der Waals surface area (Å²) in [5.41, 5.74) is 5.36. The van der Waals surface area contributed by atoms with Gasteiger partial charge in [0.05, 0.1) is 24.2 Å². The molecule has 34 heavy (non-hydrogen) atoms. The molecule has 1 aromatic heterocycles. The fourth-order valence-corrected chi connectivity index (χ4v) is 4.04. The first-order valence-electron chi connectivity index (χ1n) is 11.8. The van der Waals surface area contributed by atoms with E-state index >= 15 is 0 Å². The maximum atomic E-state index is 12.4. The highest BCUT2D eigenvalue weighted by molar-refractivity contribution is 5.91. The number of ether oxygens (including phenoxy) is 1. The first-order chi connectivity index (χ1) is 16.6. The quantitative estimate of drug-likeness (QED) is 0.242. The number of aromatic nitrogens is 2. The van der Waals surface area contributed by atoms with Crippen molar-refractivity contribution in [1.29, 1.82) is 0 Å². The number of nitrogens with zero attached hydrogens (tertiary/aromatic N) is 2. The van der Waals surface area contributed by atoms with E-state index in [-0.39, 0.29) is 5.91 Å². The lowest BCUT2D eigenvalue weighted by atomic mass is 10.1. The van der Waals surface area contributed by atoms with Crippen molar-refractivity contribution in [2.24, 2.45) is 0 Å². The minimum absolute atomic E-state index is 0.135. The van der Waals surface area contributed by atoms with Crippen LogP contribution in [0.2, 0.25) is 0 Å². The molecule has 0 saturated carbocycles. The Morgan fingerprint density at radius 3 is 2.47 bits per heavy atom. The van der Waals surface area contributed by atoms with E-state index in [0.717, 1.165) is 47.6 Å². The molecule has 1 N–H and O–H groups in total. The molecular weight excluding hydrogens is 422 g/mol. The molecule has 0 saturated heterocycles. The summed E-state index contributed by atoms with van der Waals surface area (Å²) in [6, 6.07) is 24.1. The average molecular weight is 454 g/mol. The highest BCUT2D eigenvalue weighted by Crippen LogP contribution is 2.23. The summed E-state index contributed by atoms with van der Waals surface area (Å²) in [5.74, 6) is 1.71. The Kier molecular flexibility index (Phi) is 7.76. The van der Waals surface area contributed by atoms with Gasteiger partial charge >= 0.3 is 0 Å². The Labute approximate surface area is 201 Å². The highest BCUT2D eigenvalue weighted by Gasteiger charge is 2.11.